The van der Waals surface area contributed by atoms with Gasteiger partial charge in [-0.25, -0.2) is 0 Å². The summed E-state index contributed by atoms with van der Waals surface area (Å²) in [5, 5.41) is 0. The molecule has 0 radical (unpaired) electrons. The largest absolute Gasteiger partial charge is 0.465 e. The number of ether oxygens (including phenoxy) is 2. The van der Waals surface area contributed by atoms with Gasteiger partial charge in [-0.2, -0.15) is 0 Å². The van der Waals surface area contributed by atoms with Crippen LogP contribution in [0.3, 0.4) is 0 Å². The van der Waals surface area contributed by atoms with Crippen molar-refractivity contribution in [1.82, 2.24) is 0 Å². The lowest BCUT2D eigenvalue weighted by Gasteiger charge is -2.57. The zero-order chi connectivity index (χ0) is 18.1. The minimum Gasteiger partial charge on any atom is -0.465 e. The highest BCUT2D eigenvalue weighted by Gasteiger charge is 2.53. The molecule has 0 aromatic carbocycles. The highest BCUT2D eigenvalue weighted by Crippen LogP contribution is 2.62. The minimum atomic E-state index is -1.12. The fraction of sp³-hybridized carbons (Fsp3) is 0.905. The van der Waals surface area contributed by atoms with Gasteiger partial charge in [0, 0.05) is 0 Å². The predicted molar refractivity (Wildman–Crippen MR) is 95.8 cm³/mol. The van der Waals surface area contributed by atoms with E-state index in [4.69, 9.17) is 9.47 Å². The first-order valence-corrected chi connectivity index (χ1v) is 10.3. The van der Waals surface area contributed by atoms with Crippen LogP contribution in [0.4, 0.5) is 0 Å². The van der Waals surface area contributed by atoms with Crippen LogP contribution in [0, 0.1) is 28.6 Å². The number of esters is 2. The lowest BCUT2D eigenvalue weighted by molar-refractivity contribution is -0.174. The second kappa shape index (κ2) is 7.28. The quantitative estimate of drug-likeness (QED) is 0.477. The summed E-state index contributed by atoms with van der Waals surface area (Å²) in [7, 11) is 0. The van der Waals surface area contributed by atoms with E-state index >= 15 is 0 Å². The van der Waals surface area contributed by atoms with Gasteiger partial charge >= 0.3 is 11.9 Å². The van der Waals surface area contributed by atoms with Gasteiger partial charge in [0.25, 0.3) is 0 Å². The molecule has 0 atom stereocenters. The van der Waals surface area contributed by atoms with Crippen LogP contribution in [0.25, 0.3) is 0 Å². The third-order valence-electron chi connectivity index (χ3n) is 7.18. The summed E-state index contributed by atoms with van der Waals surface area (Å²) in [6, 6.07) is 0. The van der Waals surface area contributed by atoms with Gasteiger partial charge in [-0.05, 0) is 94.8 Å². The van der Waals surface area contributed by atoms with Crippen LogP contribution in [-0.2, 0) is 19.1 Å². The molecule has 0 spiro atoms. The normalized spacial score (nSPS) is 33.3. The molecule has 0 amide bonds. The summed E-state index contributed by atoms with van der Waals surface area (Å²) in [6.45, 7) is 6.10. The molecule has 0 aromatic heterocycles. The lowest BCUT2D eigenvalue weighted by Crippen LogP contribution is -2.48. The van der Waals surface area contributed by atoms with Crippen molar-refractivity contribution in [3.05, 3.63) is 0 Å². The second-order valence-electron chi connectivity index (χ2n) is 8.79. The van der Waals surface area contributed by atoms with Gasteiger partial charge in [0.2, 0.25) is 0 Å². The van der Waals surface area contributed by atoms with Crippen LogP contribution in [-0.4, -0.2) is 25.2 Å². The molecule has 25 heavy (non-hydrogen) atoms. The highest BCUT2D eigenvalue weighted by atomic mass is 16.6. The third kappa shape index (κ3) is 3.46. The first kappa shape index (κ1) is 18.7. The molecule has 4 saturated carbocycles. The maximum atomic E-state index is 12.7. The molecule has 4 bridgehead atoms. The molecule has 0 saturated heterocycles. The molecule has 4 heteroatoms. The molecular weight excluding hydrogens is 316 g/mol. The van der Waals surface area contributed by atoms with Gasteiger partial charge in [-0.1, -0.05) is 6.92 Å². The van der Waals surface area contributed by atoms with Crippen molar-refractivity contribution in [3.63, 3.8) is 0 Å². The maximum Gasteiger partial charge on any atom is 0.323 e. The van der Waals surface area contributed by atoms with E-state index in [1.54, 1.807) is 13.8 Å². The topological polar surface area (TPSA) is 52.6 Å². The molecule has 142 valence electrons. The smallest absolute Gasteiger partial charge is 0.323 e. The van der Waals surface area contributed by atoms with Crippen LogP contribution in [0.1, 0.15) is 78.6 Å². The number of rotatable bonds is 8. The van der Waals surface area contributed by atoms with E-state index < -0.39 is 5.41 Å². The Labute approximate surface area is 152 Å². The molecule has 4 nitrogen and oxygen atoms in total. The Morgan fingerprint density at radius 2 is 1.32 bits per heavy atom. The number of hydrogen-bond acceptors (Lipinski definition) is 4. The van der Waals surface area contributed by atoms with Gasteiger partial charge in [0.05, 0.1) is 13.2 Å². The monoisotopic (exact) mass is 350 g/mol. The third-order valence-corrected chi connectivity index (χ3v) is 7.18. The zero-order valence-corrected chi connectivity index (χ0v) is 16.1. The SMILES string of the molecule is CCOC(=O)C(CC)(CCC12CC3CC(CC(C3)C1)C2)C(=O)OCC. The van der Waals surface area contributed by atoms with E-state index in [9.17, 15) is 9.59 Å². The first-order chi connectivity index (χ1) is 12.0. The van der Waals surface area contributed by atoms with Crippen molar-refractivity contribution in [3.8, 4) is 0 Å². The Morgan fingerprint density at radius 1 is 0.880 bits per heavy atom. The minimum absolute atomic E-state index is 0.303. The van der Waals surface area contributed by atoms with Crippen molar-refractivity contribution in [2.45, 2.75) is 78.6 Å². The van der Waals surface area contributed by atoms with Gasteiger partial charge in [0.15, 0.2) is 5.41 Å². The Hall–Kier alpha value is -1.06. The zero-order valence-electron chi connectivity index (χ0n) is 16.1. The van der Waals surface area contributed by atoms with Gasteiger partial charge < -0.3 is 9.47 Å². The van der Waals surface area contributed by atoms with Crippen LogP contribution in [0.5, 0.6) is 0 Å². The molecule has 0 aromatic rings. The average molecular weight is 350 g/mol. The molecule has 0 N–H and O–H groups in total. The van der Waals surface area contributed by atoms with E-state index in [2.05, 4.69) is 0 Å². The Balaban J connectivity index is 1.76. The van der Waals surface area contributed by atoms with Crippen molar-refractivity contribution >= 4 is 11.9 Å². The molecule has 4 fully saturated rings. The van der Waals surface area contributed by atoms with Crippen molar-refractivity contribution < 1.29 is 19.1 Å². The molecular formula is C21H34O4. The van der Waals surface area contributed by atoms with Gasteiger partial charge in [-0.3, -0.25) is 9.59 Å². The molecule has 0 unspecified atom stereocenters. The van der Waals surface area contributed by atoms with E-state index in [0.717, 1.165) is 24.2 Å². The van der Waals surface area contributed by atoms with E-state index in [0.29, 0.717) is 31.5 Å². The summed E-state index contributed by atoms with van der Waals surface area (Å²) in [4.78, 5) is 25.4. The fourth-order valence-electron chi connectivity index (χ4n) is 6.37. The molecule has 0 aliphatic heterocycles. The van der Waals surface area contributed by atoms with E-state index in [1.807, 2.05) is 6.92 Å². The lowest BCUT2D eigenvalue weighted by atomic mass is 9.48. The molecule has 4 aliphatic carbocycles. The summed E-state index contributed by atoms with van der Waals surface area (Å²) in [6.07, 6.45) is 10.1. The van der Waals surface area contributed by atoms with Gasteiger partial charge in [0.1, 0.15) is 0 Å². The Bertz CT molecular complexity index is 457. The molecule has 0 heterocycles. The summed E-state index contributed by atoms with van der Waals surface area (Å²) < 4.78 is 10.6. The predicted octanol–water partition coefficient (Wildman–Crippen LogP) is 4.51. The summed E-state index contributed by atoms with van der Waals surface area (Å²) in [5.74, 6) is 1.87. The van der Waals surface area contributed by atoms with Crippen LogP contribution in [0.2, 0.25) is 0 Å². The second-order valence-corrected chi connectivity index (χ2v) is 8.79. The fourth-order valence-corrected chi connectivity index (χ4v) is 6.37. The summed E-state index contributed by atoms with van der Waals surface area (Å²) >= 11 is 0. The number of carbonyl (C=O) groups is 2. The van der Waals surface area contributed by atoms with Crippen molar-refractivity contribution in [2.24, 2.45) is 28.6 Å². The molecule has 4 aliphatic rings. The molecule has 4 rings (SSSR count). The first-order valence-electron chi connectivity index (χ1n) is 10.3. The summed E-state index contributed by atoms with van der Waals surface area (Å²) in [5.41, 5.74) is -0.760. The highest BCUT2D eigenvalue weighted by molar-refractivity contribution is 6.00. The van der Waals surface area contributed by atoms with Crippen LogP contribution in [0.15, 0.2) is 0 Å². The Morgan fingerprint density at radius 3 is 1.68 bits per heavy atom. The average Bonchev–Trinajstić information content (AvgIpc) is 2.55. The van der Waals surface area contributed by atoms with Gasteiger partial charge in [-0.15, -0.1) is 0 Å². The van der Waals surface area contributed by atoms with E-state index in [1.165, 1.54) is 38.5 Å². The number of hydrogen-bond donors (Lipinski definition) is 0. The van der Waals surface area contributed by atoms with Crippen LogP contribution >= 0.6 is 0 Å². The van der Waals surface area contributed by atoms with Crippen molar-refractivity contribution in [2.75, 3.05) is 13.2 Å². The van der Waals surface area contributed by atoms with Crippen molar-refractivity contribution in [1.29, 1.82) is 0 Å². The maximum absolute atomic E-state index is 12.7. The number of carbonyl (C=O) groups excluding carboxylic acids is 2. The van der Waals surface area contributed by atoms with E-state index in [-0.39, 0.29) is 11.9 Å². The Kier molecular flexibility index (Phi) is 5.45. The standard InChI is InChI=1S/C21H34O4/c1-4-21(18(22)24-5-2,19(23)25-6-3)8-7-20-12-15-9-16(13-20)11-17(10-15)14-20/h15-17H,4-14H2,1-3H3. The van der Waals surface area contributed by atoms with Crippen LogP contribution < -0.4 is 0 Å².